The van der Waals surface area contributed by atoms with E-state index in [1.165, 1.54) is 18.1 Å². The Hall–Kier alpha value is -1.40. The molecule has 1 aromatic rings. The fourth-order valence-electron chi connectivity index (χ4n) is 2.55. The summed E-state index contributed by atoms with van der Waals surface area (Å²) in [4.78, 5) is 10.7. The quantitative estimate of drug-likeness (QED) is 0.826. The Morgan fingerprint density at radius 3 is 2.40 bits per heavy atom. The van der Waals surface area contributed by atoms with Crippen LogP contribution in [0.5, 0.6) is 0 Å². The number of carboxylic acid groups (broad SMARTS) is 1. The molecular weight excluding hydrogens is 278 g/mol. The lowest BCUT2D eigenvalue weighted by molar-refractivity contribution is -0.138. The summed E-state index contributed by atoms with van der Waals surface area (Å²) in [6.45, 7) is 1.32. The van der Waals surface area contributed by atoms with Crippen molar-refractivity contribution in [2.75, 3.05) is 5.75 Å². The minimum atomic E-state index is -3.53. The van der Waals surface area contributed by atoms with Crippen molar-refractivity contribution in [1.82, 2.24) is 4.72 Å². The third-order valence-electron chi connectivity index (χ3n) is 3.66. The highest BCUT2D eigenvalue weighted by molar-refractivity contribution is 7.89. The summed E-state index contributed by atoms with van der Waals surface area (Å²) in [6.07, 6.45) is 2.36. The summed E-state index contributed by atoms with van der Waals surface area (Å²) in [5.41, 5.74) is 2.59. The van der Waals surface area contributed by atoms with Crippen molar-refractivity contribution in [1.29, 1.82) is 0 Å². The fourth-order valence-corrected chi connectivity index (χ4v) is 3.96. The molecule has 0 heterocycles. The molecule has 20 heavy (non-hydrogen) atoms. The molecule has 0 amide bonds. The summed E-state index contributed by atoms with van der Waals surface area (Å²) in [5, 5.41) is 8.72. The van der Waals surface area contributed by atoms with Gasteiger partial charge in [0.05, 0.1) is 5.75 Å². The van der Waals surface area contributed by atoms with Crippen molar-refractivity contribution in [2.45, 2.75) is 32.2 Å². The van der Waals surface area contributed by atoms with E-state index in [1.807, 2.05) is 12.1 Å². The molecule has 0 saturated carbocycles. The normalized spacial score (nSPS) is 16.9. The van der Waals surface area contributed by atoms with Crippen molar-refractivity contribution in [2.24, 2.45) is 5.92 Å². The number of nitrogens with one attached hydrogen (secondary N) is 1. The highest BCUT2D eigenvalue weighted by atomic mass is 32.2. The SMILES string of the molecule is CC(NS(=O)(=O)CCC1Cc2ccccc2C1)C(=O)O. The minimum Gasteiger partial charge on any atom is -0.480 e. The molecule has 2 rings (SSSR count). The van der Waals surface area contributed by atoms with E-state index < -0.39 is 22.0 Å². The zero-order valence-corrected chi connectivity index (χ0v) is 12.2. The monoisotopic (exact) mass is 297 g/mol. The zero-order chi connectivity index (χ0) is 14.8. The second-order valence-electron chi connectivity index (χ2n) is 5.33. The van der Waals surface area contributed by atoms with Gasteiger partial charge in [0.25, 0.3) is 0 Å². The molecule has 1 atom stereocenters. The first kappa shape index (κ1) is 15.0. The first-order chi connectivity index (χ1) is 9.37. The Kier molecular flexibility index (Phi) is 4.45. The van der Waals surface area contributed by atoms with Crippen LogP contribution in [0.2, 0.25) is 0 Å². The first-order valence-electron chi connectivity index (χ1n) is 6.67. The maximum absolute atomic E-state index is 11.8. The van der Waals surface area contributed by atoms with E-state index in [2.05, 4.69) is 16.9 Å². The molecular formula is C14H19NO4S. The second-order valence-corrected chi connectivity index (χ2v) is 7.20. The predicted molar refractivity (Wildman–Crippen MR) is 76.0 cm³/mol. The number of hydrogen-bond acceptors (Lipinski definition) is 3. The number of carboxylic acids is 1. The lowest BCUT2D eigenvalue weighted by atomic mass is 10.0. The highest BCUT2D eigenvalue weighted by Crippen LogP contribution is 2.28. The molecule has 0 radical (unpaired) electrons. The fraction of sp³-hybridized carbons (Fsp3) is 0.500. The molecule has 5 nitrogen and oxygen atoms in total. The Morgan fingerprint density at radius 2 is 1.90 bits per heavy atom. The van der Waals surface area contributed by atoms with Gasteiger partial charge in [-0.1, -0.05) is 24.3 Å². The lowest BCUT2D eigenvalue weighted by Gasteiger charge is -2.12. The number of fused-ring (bicyclic) bond motifs is 1. The molecule has 1 aromatic carbocycles. The summed E-state index contributed by atoms with van der Waals surface area (Å²) >= 11 is 0. The molecule has 0 bridgehead atoms. The van der Waals surface area contributed by atoms with Gasteiger partial charge in [0.15, 0.2) is 0 Å². The van der Waals surface area contributed by atoms with E-state index in [0.29, 0.717) is 12.3 Å². The van der Waals surface area contributed by atoms with E-state index in [-0.39, 0.29) is 5.75 Å². The topological polar surface area (TPSA) is 83.5 Å². The van der Waals surface area contributed by atoms with Crippen LogP contribution in [0.25, 0.3) is 0 Å². The molecule has 0 aromatic heterocycles. The molecule has 6 heteroatoms. The minimum absolute atomic E-state index is 0.0245. The lowest BCUT2D eigenvalue weighted by Crippen LogP contribution is -2.39. The van der Waals surface area contributed by atoms with Gasteiger partial charge in [-0.05, 0) is 43.2 Å². The van der Waals surface area contributed by atoms with E-state index in [1.54, 1.807) is 0 Å². The summed E-state index contributed by atoms with van der Waals surface area (Å²) in [7, 11) is -3.53. The van der Waals surface area contributed by atoms with Crippen LogP contribution in [0.4, 0.5) is 0 Å². The van der Waals surface area contributed by atoms with Crippen LogP contribution in [0, 0.1) is 5.92 Å². The average molecular weight is 297 g/mol. The van der Waals surface area contributed by atoms with Crippen LogP contribution >= 0.6 is 0 Å². The van der Waals surface area contributed by atoms with Crippen molar-refractivity contribution in [3.63, 3.8) is 0 Å². The van der Waals surface area contributed by atoms with Gasteiger partial charge in [0.1, 0.15) is 6.04 Å². The number of hydrogen-bond donors (Lipinski definition) is 2. The van der Waals surface area contributed by atoms with Gasteiger partial charge >= 0.3 is 5.97 Å². The van der Waals surface area contributed by atoms with Gasteiger partial charge < -0.3 is 5.11 Å². The van der Waals surface area contributed by atoms with E-state index in [9.17, 15) is 13.2 Å². The van der Waals surface area contributed by atoms with Crippen molar-refractivity contribution < 1.29 is 18.3 Å². The Bertz CT molecular complexity index is 572. The number of aliphatic carboxylic acids is 1. The van der Waals surface area contributed by atoms with Crippen molar-refractivity contribution in [3.8, 4) is 0 Å². The molecule has 0 fully saturated rings. The Morgan fingerprint density at radius 1 is 1.35 bits per heavy atom. The van der Waals surface area contributed by atoms with Crippen molar-refractivity contribution in [3.05, 3.63) is 35.4 Å². The molecule has 2 N–H and O–H groups in total. The maximum Gasteiger partial charge on any atom is 0.321 e. The van der Waals surface area contributed by atoms with Crippen LogP contribution in [-0.2, 0) is 27.7 Å². The maximum atomic E-state index is 11.8. The number of sulfonamides is 1. The standard InChI is InChI=1S/C14H19NO4S/c1-10(14(16)17)15-20(18,19)7-6-11-8-12-4-2-3-5-13(12)9-11/h2-5,10-11,15H,6-9H2,1H3,(H,16,17). The average Bonchev–Trinajstić information content (AvgIpc) is 2.78. The van der Waals surface area contributed by atoms with Gasteiger partial charge in [-0.15, -0.1) is 0 Å². The van der Waals surface area contributed by atoms with E-state index in [4.69, 9.17) is 5.11 Å². The van der Waals surface area contributed by atoms with Crippen LogP contribution < -0.4 is 4.72 Å². The van der Waals surface area contributed by atoms with Crippen LogP contribution in [0.3, 0.4) is 0 Å². The molecule has 1 unspecified atom stereocenters. The summed E-state index contributed by atoms with van der Waals surface area (Å²) < 4.78 is 25.8. The Labute approximate surface area is 119 Å². The second kappa shape index (κ2) is 5.93. The van der Waals surface area contributed by atoms with Crippen LogP contribution in [-0.4, -0.2) is 31.3 Å². The van der Waals surface area contributed by atoms with Gasteiger partial charge in [0, 0.05) is 0 Å². The van der Waals surface area contributed by atoms with Gasteiger partial charge in [-0.2, -0.15) is 0 Å². The largest absolute Gasteiger partial charge is 0.480 e. The van der Waals surface area contributed by atoms with Gasteiger partial charge in [-0.25, -0.2) is 13.1 Å². The summed E-state index contributed by atoms with van der Waals surface area (Å²) in [5.74, 6) is -0.866. The van der Waals surface area contributed by atoms with E-state index >= 15 is 0 Å². The molecule has 0 saturated heterocycles. The third kappa shape index (κ3) is 3.80. The molecule has 1 aliphatic rings. The van der Waals surface area contributed by atoms with Crippen LogP contribution in [0.1, 0.15) is 24.5 Å². The third-order valence-corrected chi connectivity index (χ3v) is 5.14. The van der Waals surface area contributed by atoms with Gasteiger partial charge in [0.2, 0.25) is 10.0 Å². The number of carbonyl (C=O) groups is 1. The molecule has 0 aliphatic heterocycles. The predicted octanol–water partition coefficient (Wildman–Crippen LogP) is 1.18. The smallest absolute Gasteiger partial charge is 0.321 e. The zero-order valence-electron chi connectivity index (χ0n) is 11.4. The van der Waals surface area contributed by atoms with Crippen LogP contribution in [0.15, 0.2) is 24.3 Å². The number of rotatable bonds is 6. The molecule has 1 aliphatic carbocycles. The molecule has 0 spiro atoms. The molecule has 110 valence electrons. The Balaban J connectivity index is 1.86. The first-order valence-corrected chi connectivity index (χ1v) is 8.32. The van der Waals surface area contributed by atoms with Gasteiger partial charge in [-0.3, -0.25) is 4.79 Å². The summed E-state index contributed by atoms with van der Waals surface area (Å²) in [6, 6.07) is 7.06. The number of benzene rings is 1. The van der Waals surface area contributed by atoms with E-state index in [0.717, 1.165) is 12.8 Å². The van der Waals surface area contributed by atoms with Crippen molar-refractivity contribution >= 4 is 16.0 Å². The highest BCUT2D eigenvalue weighted by Gasteiger charge is 2.24.